The highest BCUT2D eigenvalue weighted by Gasteiger charge is 2.31. The highest BCUT2D eigenvalue weighted by atomic mass is 19.1. The van der Waals surface area contributed by atoms with Gasteiger partial charge < -0.3 is 14.4 Å². The van der Waals surface area contributed by atoms with E-state index in [0.717, 1.165) is 94.1 Å². The fourth-order valence-electron chi connectivity index (χ4n) is 5.96. The van der Waals surface area contributed by atoms with Gasteiger partial charge in [0.05, 0.1) is 42.8 Å². The summed E-state index contributed by atoms with van der Waals surface area (Å²) in [4.78, 5) is 22.3. The lowest BCUT2D eigenvalue weighted by atomic mass is 9.81. The number of fused-ring (bicyclic) bond motifs is 1. The second-order valence-electron chi connectivity index (χ2n) is 10.8. The quantitative estimate of drug-likeness (QED) is 0.422. The second-order valence-corrected chi connectivity index (χ2v) is 10.8. The molecule has 3 aromatic rings. The average molecular weight is 522 g/mol. The summed E-state index contributed by atoms with van der Waals surface area (Å²) in [5.74, 6) is 0.296. The van der Waals surface area contributed by atoms with E-state index in [1.165, 1.54) is 32.1 Å². The summed E-state index contributed by atoms with van der Waals surface area (Å²) in [6, 6.07) is 8.16. The number of hydrogen-bond acceptors (Lipinski definition) is 7. The topological polar surface area (TPSA) is 72.7 Å². The number of rotatable bonds is 7. The van der Waals surface area contributed by atoms with E-state index in [0.29, 0.717) is 17.5 Å². The van der Waals surface area contributed by atoms with Crippen LogP contribution < -0.4 is 4.90 Å². The molecule has 4 heterocycles. The van der Waals surface area contributed by atoms with Crippen molar-refractivity contribution in [3.8, 4) is 5.69 Å². The number of carbonyl (C=O) groups excluding carboxylic acids is 1. The molecular formula is C29H36FN5O3. The lowest BCUT2D eigenvalue weighted by molar-refractivity contribution is 0.0349. The van der Waals surface area contributed by atoms with Crippen molar-refractivity contribution in [2.75, 3.05) is 57.9 Å². The van der Waals surface area contributed by atoms with E-state index in [4.69, 9.17) is 19.6 Å². The van der Waals surface area contributed by atoms with Gasteiger partial charge in [-0.25, -0.2) is 18.9 Å². The fourth-order valence-corrected chi connectivity index (χ4v) is 5.96. The Bertz CT molecular complexity index is 1280. The van der Waals surface area contributed by atoms with Gasteiger partial charge in [-0.05, 0) is 74.9 Å². The van der Waals surface area contributed by atoms with Crippen molar-refractivity contribution in [2.24, 2.45) is 5.92 Å². The number of anilines is 1. The van der Waals surface area contributed by atoms with Gasteiger partial charge in [0.25, 0.3) is 0 Å². The third-order valence-electron chi connectivity index (χ3n) is 8.51. The molecule has 0 atom stereocenters. The average Bonchev–Trinajstić information content (AvgIpc) is 3.30. The van der Waals surface area contributed by atoms with Crippen LogP contribution in [-0.2, 0) is 9.47 Å². The lowest BCUT2D eigenvalue weighted by Gasteiger charge is -2.36. The number of pyridine rings is 1. The Morgan fingerprint density at radius 3 is 2.47 bits per heavy atom. The molecule has 0 radical (unpaired) electrons. The van der Waals surface area contributed by atoms with E-state index in [9.17, 15) is 9.18 Å². The second kappa shape index (κ2) is 11.0. The zero-order valence-corrected chi connectivity index (χ0v) is 22.1. The molecule has 8 nitrogen and oxygen atoms in total. The van der Waals surface area contributed by atoms with Crippen LogP contribution in [0.1, 0.15) is 60.6 Å². The highest BCUT2D eigenvalue weighted by molar-refractivity contribution is 5.99. The van der Waals surface area contributed by atoms with Crippen molar-refractivity contribution in [3.05, 3.63) is 47.5 Å². The predicted molar refractivity (Wildman–Crippen MR) is 144 cm³/mol. The van der Waals surface area contributed by atoms with Crippen molar-refractivity contribution >= 4 is 22.7 Å². The van der Waals surface area contributed by atoms with Gasteiger partial charge >= 0.3 is 5.97 Å². The molecule has 9 heteroatoms. The summed E-state index contributed by atoms with van der Waals surface area (Å²) in [7, 11) is 1.38. The van der Waals surface area contributed by atoms with Gasteiger partial charge in [-0.3, -0.25) is 4.90 Å². The molecule has 1 saturated carbocycles. The number of hydrogen-bond donors (Lipinski definition) is 0. The first kappa shape index (κ1) is 25.2. The summed E-state index contributed by atoms with van der Waals surface area (Å²) in [5.41, 5.74) is 3.67. The number of piperidine rings is 1. The minimum absolute atomic E-state index is 0.271. The zero-order chi connectivity index (χ0) is 26.1. The molecule has 2 aromatic heterocycles. The highest BCUT2D eigenvalue weighted by Crippen LogP contribution is 2.43. The standard InChI is InChI=1S/C29H36FN5O3/c1-37-29(36)24-19-25(34-13-10-20(11-14-34)9-12-33-15-17-38-18-16-33)26-27(21-3-2-4-21)32-35(28(26)31-24)23-7-5-22(30)6-8-23/h5-8,19-21H,2-4,9-18H2,1H3. The summed E-state index contributed by atoms with van der Waals surface area (Å²) >= 11 is 0. The molecule has 2 aliphatic heterocycles. The van der Waals surface area contributed by atoms with Crippen LogP contribution in [0.15, 0.2) is 30.3 Å². The molecule has 6 rings (SSSR count). The first-order valence-corrected chi connectivity index (χ1v) is 13.9. The van der Waals surface area contributed by atoms with Crippen LogP contribution in [-0.4, -0.2) is 78.7 Å². The Hall–Kier alpha value is -3.04. The fraction of sp³-hybridized carbons (Fsp3) is 0.552. The number of ether oxygens (including phenoxy) is 2. The Labute approximate surface area is 222 Å². The van der Waals surface area contributed by atoms with Crippen molar-refractivity contribution < 1.29 is 18.7 Å². The van der Waals surface area contributed by atoms with E-state index in [1.807, 2.05) is 6.07 Å². The van der Waals surface area contributed by atoms with E-state index >= 15 is 0 Å². The van der Waals surface area contributed by atoms with Crippen LogP contribution >= 0.6 is 0 Å². The van der Waals surface area contributed by atoms with Gasteiger partial charge in [0, 0.05) is 32.1 Å². The van der Waals surface area contributed by atoms with E-state index in [-0.39, 0.29) is 11.5 Å². The number of methoxy groups -OCH3 is 1. The molecule has 3 aliphatic rings. The number of aromatic nitrogens is 3. The number of nitrogens with zero attached hydrogens (tertiary/aromatic N) is 5. The number of halogens is 1. The molecule has 0 bridgehead atoms. The largest absolute Gasteiger partial charge is 0.464 e. The Kier molecular flexibility index (Phi) is 7.30. The van der Waals surface area contributed by atoms with Crippen LogP contribution in [0.25, 0.3) is 16.7 Å². The smallest absolute Gasteiger partial charge is 0.356 e. The lowest BCUT2D eigenvalue weighted by Crippen LogP contribution is -2.39. The van der Waals surface area contributed by atoms with Gasteiger partial charge in [0.1, 0.15) is 5.82 Å². The molecule has 202 valence electrons. The molecule has 0 spiro atoms. The van der Waals surface area contributed by atoms with E-state index in [2.05, 4.69) is 9.80 Å². The summed E-state index contributed by atoms with van der Waals surface area (Å²) < 4.78 is 26.0. The molecule has 2 saturated heterocycles. The monoisotopic (exact) mass is 521 g/mol. The summed E-state index contributed by atoms with van der Waals surface area (Å²) in [6.45, 7) is 6.75. The summed E-state index contributed by atoms with van der Waals surface area (Å²) in [5, 5.41) is 6.04. The van der Waals surface area contributed by atoms with E-state index < -0.39 is 5.97 Å². The molecule has 0 unspecified atom stereocenters. The van der Waals surface area contributed by atoms with Crippen LogP contribution in [0.4, 0.5) is 10.1 Å². The molecule has 1 aliphatic carbocycles. The molecule has 1 aromatic carbocycles. The normalized spacial score (nSPS) is 19.6. The molecule has 0 amide bonds. The van der Waals surface area contributed by atoms with Crippen molar-refractivity contribution in [1.82, 2.24) is 19.7 Å². The zero-order valence-electron chi connectivity index (χ0n) is 22.1. The Morgan fingerprint density at radius 1 is 1.08 bits per heavy atom. The third kappa shape index (κ3) is 5.01. The number of esters is 1. The van der Waals surface area contributed by atoms with Gasteiger partial charge in [-0.15, -0.1) is 0 Å². The minimum atomic E-state index is -0.467. The van der Waals surface area contributed by atoms with Crippen LogP contribution in [0.2, 0.25) is 0 Å². The number of benzene rings is 1. The maximum absolute atomic E-state index is 13.7. The molecule has 38 heavy (non-hydrogen) atoms. The molecule has 3 fully saturated rings. The van der Waals surface area contributed by atoms with Gasteiger partial charge in [0.2, 0.25) is 0 Å². The SMILES string of the molecule is COC(=O)c1cc(N2CCC(CCN3CCOCC3)CC2)c2c(C3CCC3)nn(-c3ccc(F)cc3)c2n1. The Morgan fingerprint density at radius 2 is 1.82 bits per heavy atom. The van der Waals surface area contributed by atoms with E-state index in [1.54, 1.807) is 16.8 Å². The number of morpholine rings is 1. The van der Waals surface area contributed by atoms with Gasteiger partial charge in [0.15, 0.2) is 11.3 Å². The minimum Gasteiger partial charge on any atom is -0.464 e. The molecular weight excluding hydrogens is 485 g/mol. The third-order valence-corrected chi connectivity index (χ3v) is 8.51. The van der Waals surface area contributed by atoms with Crippen molar-refractivity contribution in [3.63, 3.8) is 0 Å². The van der Waals surface area contributed by atoms with Crippen molar-refractivity contribution in [1.29, 1.82) is 0 Å². The maximum atomic E-state index is 13.7. The van der Waals surface area contributed by atoms with Gasteiger partial charge in [-0.1, -0.05) is 6.42 Å². The summed E-state index contributed by atoms with van der Waals surface area (Å²) in [6.07, 6.45) is 6.82. The predicted octanol–water partition coefficient (Wildman–Crippen LogP) is 4.55. The number of carbonyl (C=O) groups is 1. The van der Waals surface area contributed by atoms with Crippen LogP contribution in [0, 0.1) is 11.7 Å². The van der Waals surface area contributed by atoms with Gasteiger partial charge in [-0.2, -0.15) is 5.10 Å². The van der Waals surface area contributed by atoms with Crippen LogP contribution in [0.3, 0.4) is 0 Å². The molecule has 0 N–H and O–H groups in total. The Balaban J connectivity index is 1.33. The van der Waals surface area contributed by atoms with Crippen molar-refractivity contribution in [2.45, 2.75) is 44.4 Å². The first-order chi connectivity index (χ1) is 18.6. The maximum Gasteiger partial charge on any atom is 0.356 e. The first-order valence-electron chi connectivity index (χ1n) is 13.9. The van der Waals surface area contributed by atoms with Crippen LogP contribution in [0.5, 0.6) is 0 Å².